The normalized spacial score (nSPS) is 23.6. The van der Waals surface area contributed by atoms with Crippen LogP contribution in [0.25, 0.3) is 0 Å². The minimum Gasteiger partial charge on any atom is -0.493 e. The van der Waals surface area contributed by atoms with E-state index >= 15 is 4.39 Å². The fraction of sp³-hybridized carbons (Fsp3) is 0.480. The Bertz CT molecular complexity index is 2800. The Hall–Kier alpha value is -6.26. The van der Waals surface area contributed by atoms with Gasteiger partial charge in [0.15, 0.2) is 5.11 Å². The van der Waals surface area contributed by atoms with Crippen molar-refractivity contribution < 1.29 is 51.1 Å². The number of halogens is 4. The van der Waals surface area contributed by atoms with E-state index in [4.69, 9.17) is 17.0 Å². The molecule has 3 aromatic carbocycles. The quantitative estimate of drug-likeness (QED) is 0.161. The number of ether oxygens (including phenoxy) is 1. The number of piperidine rings is 3. The maximum absolute atomic E-state index is 16.0. The number of rotatable bonds is 5. The van der Waals surface area contributed by atoms with E-state index in [-0.39, 0.29) is 56.8 Å². The Kier molecular flexibility index (Phi) is 11.3. The van der Waals surface area contributed by atoms with Crippen molar-refractivity contribution in [1.29, 1.82) is 5.26 Å². The third-order valence-corrected chi connectivity index (χ3v) is 16.4. The van der Waals surface area contributed by atoms with Crippen LogP contribution in [-0.2, 0) is 27.0 Å². The van der Waals surface area contributed by atoms with Crippen LogP contribution in [0.3, 0.4) is 0 Å². The second-order valence-electron chi connectivity index (χ2n) is 20.3. The Balaban J connectivity index is 0.726. The van der Waals surface area contributed by atoms with Crippen molar-refractivity contribution in [3.05, 3.63) is 87.7 Å². The summed E-state index contributed by atoms with van der Waals surface area (Å²) in [4.78, 5) is 86.2. The van der Waals surface area contributed by atoms with E-state index in [0.29, 0.717) is 44.0 Å². The standard InChI is InChI=1S/C50H49F4N7O7S/c1-47(2)45(67)59(31-4-3-28(26-55)36(22-31)50(52,53)54)46(69)61(47)32-5-6-33(37(51)23-32)42(64)58-19-13-48(14-20-58)11-9-30(10-12-48)57-17-15-49(16-18-57)25-29-21-34-35(24-39(29)68-27-49)44(66)60(43(34)65)38-7-8-40(62)56-41(38)63/h3-6,21-24,30,38H,7-20,25,27H2,1-2H3,(H,56,62,63). The molecule has 5 fully saturated rings. The molecule has 7 aliphatic rings. The zero-order valence-corrected chi connectivity index (χ0v) is 38.9. The van der Waals surface area contributed by atoms with Gasteiger partial charge in [-0.3, -0.25) is 43.9 Å². The van der Waals surface area contributed by atoms with Crippen molar-refractivity contribution in [3.63, 3.8) is 0 Å². The topological polar surface area (TPSA) is 164 Å². The molecule has 0 bridgehead atoms. The van der Waals surface area contributed by atoms with Crippen molar-refractivity contribution in [3.8, 4) is 11.8 Å². The number of amides is 6. The monoisotopic (exact) mass is 967 g/mol. The summed E-state index contributed by atoms with van der Waals surface area (Å²) in [7, 11) is 0. The number of nitrogens with one attached hydrogen (secondary N) is 1. The average molecular weight is 968 g/mol. The van der Waals surface area contributed by atoms with Crippen molar-refractivity contribution in [2.24, 2.45) is 10.8 Å². The summed E-state index contributed by atoms with van der Waals surface area (Å²) in [6, 6.07) is 11.1. The number of nitrogens with zero attached hydrogens (tertiary/aromatic N) is 6. The zero-order chi connectivity index (χ0) is 48.9. The summed E-state index contributed by atoms with van der Waals surface area (Å²) in [5.74, 6) is -3.49. The highest BCUT2D eigenvalue weighted by molar-refractivity contribution is 7.81. The van der Waals surface area contributed by atoms with E-state index in [9.17, 15) is 47.2 Å². The van der Waals surface area contributed by atoms with Crippen LogP contribution in [0.5, 0.6) is 5.75 Å². The van der Waals surface area contributed by atoms with Gasteiger partial charge in [0.05, 0.1) is 46.2 Å². The predicted octanol–water partition coefficient (Wildman–Crippen LogP) is 6.92. The van der Waals surface area contributed by atoms with Gasteiger partial charge in [0.25, 0.3) is 23.6 Å². The van der Waals surface area contributed by atoms with Gasteiger partial charge in [-0.1, -0.05) is 0 Å². The summed E-state index contributed by atoms with van der Waals surface area (Å²) in [6.45, 7) is 6.31. The van der Waals surface area contributed by atoms with Crippen LogP contribution in [0.15, 0.2) is 48.5 Å². The van der Waals surface area contributed by atoms with E-state index in [1.807, 2.05) is 0 Å². The summed E-state index contributed by atoms with van der Waals surface area (Å²) in [5, 5.41) is 11.3. The Morgan fingerprint density at radius 3 is 2.13 bits per heavy atom. The lowest BCUT2D eigenvalue weighted by Crippen LogP contribution is -2.54. The van der Waals surface area contributed by atoms with E-state index < -0.39 is 70.1 Å². The molecule has 0 radical (unpaired) electrons. The van der Waals surface area contributed by atoms with Gasteiger partial charge in [0, 0.05) is 36.7 Å². The first-order valence-corrected chi connectivity index (χ1v) is 23.8. The highest BCUT2D eigenvalue weighted by Crippen LogP contribution is 2.49. The molecule has 1 aliphatic carbocycles. The second kappa shape index (κ2) is 16.7. The largest absolute Gasteiger partial charge is 0.493 e. The number of carbonyl (C=O) groups is 6. The minimum atomic E-state index is -4.86. The van der Waals surface area contributed by atoms with Gasteiger partial charge in [-0.25, -0.2) is 4.39 Å². The number of alkyl halides is 3. The minimum absolute atomic E-state index is 0.0512. The van der Waals surface area contributed by atoms with Gasteiger partial charge < -0.3 is 19.4 Å². The second-order valence-corrected chi connectivity index (χ2v) is 20.7. The van der Waals surface area contributed by atoms with Crippen LogP contribution in [0.2, 0.25) is 0 Å². The molecule has 0 aromatic heterocycles. The molecule has 10 rings (SSSR count). The number of hydrogen-bond acceptors (Lipinski definition) is 10. The molecule has 1 atom stereocenters. The Morgan fingerprint density at radius 1 is 0.841 bits per heavy atom. The van der Waals surface area contributed by atoms with Crippen molar-refractivity contribution in [2.75, 3.05) is 42.6 Å². The van der Waals surface area contributed by atoms with Crippen LogP contribution in [-0.4, -0.2) is 106 Å². The third-order valence-electron chi connectivity index (χ3n) is 16.0. The number of fused-ring (bicyclic) bond motifs is 2. The lowest BCUT2D eigenvalue weighted by molar-refractivity contribution is -0.138. The van der Waals surface area contributed by atoms with Crippen LogP contribution in [0.4, 0.5) is 28.9 Å². The molecule has 6 aliphatic heterocycles. The molecule has 1 unspecified atom stereocenters. The number of nitriles is 1. The maximum atomic E-state index is 16.0. The summed E-state index contributed by atoms with van der Waals surface area (Å²) in [6.07, 6.45) is 3.53. The molecule has 6 heterocycles. The summed E-state index contributed by atoms with van der Waals surface area (Å²) in [5.41, 5.74) is -2.10. The molecule has 1 N–H and O–H groups in total. The van der Waals surface area contributed by atoms with Crippen LogP contribution in [0, 0.1) is 28.0 Å². The molecule has 14 nitrogen and oxygen atoms in total. The van der Waals surface area contributed by atoms with Gasteiger partial charge in [0.1, 0.15) is 23.1 Å². The lowest BCUT2D eigenvalue weighted by atomic mass is 9.66. The zero-order valence-electron chi connectivity index (χ0n) is 38.0. The summed E-state index contributed by atoms with van der Waals surface area (Å²) < 4.78 is 63.7. The third kappa shape index (κ3) is 7.83. The number of carbonyl (C=O) groups excluding carboxylic acids is 6. The Labute approximate surface area is 400 Å². The average Bonchev–Trinajstić information content (AvgIpc) is 3.66. The van der Waals surface area contributed by atoms with Crippen LogP contribution in [0.1, 0.15) is 126 Å². The molecule has 19 heteroatoms. The first kappa shape index (κ1) is 46.5. The highest BCUT2D eigenvalue weighted by Gasteiger charge is 2.52. The summed E-state index contributed by atoms with van der Waals surface area (Å²) >= 11 is 5.61. The van der Waals surface area contributed by atoms with Crippen molar-refractivity contribution >= 4 is 64.1 Å². The predicted molar refractivity (Wildman–Crippen MR) is 245 cm³/mol. The maximum Gasteiger partial charge on any atom is 0.417 e. The molecule has 4 saturated heterocycles. The highest BCUT2D eigenvalue weighted by atomic mass is 32.1. The van der Waals surface area contributed by atoms with Crippen LogP contribution >= 0.6 is 12.2 Å². The first-order chi connectivity index (χ1) is 32.7. The molecule has 2 spiro atoms. The van der Waals surface area contributed by atoms with Gasteiger partial charge >= 0.3 is 6.18 Å². The molecular formula is C50H49F4N7O7S. The van der Waals surface area contributed by atoms with Gasteiger partial charge in [0.2, 0.25) is 11.8 Å². The molecule has 360 valence electrons. The van der Waals surface area contributed by atoms with E-state index in [1.54, 1.807) is 17.0 Å². The molecule has 3 aromatic rings. The van der Waals surface area contributed by atoms with Crippen molar-refractivity contribution in [2.45, 2.75) is 108 Å². The fourth-order valence-electron chi connectivity index (χ4n) is 11.9. The van der Waals surface area contributed by atoms with E-state index in [0.717, 1.165) is 92.0 Å². The number of thiocarbonyl (C=S) groups is 1. The van der Waals surface area contributed by atoms with Crippen LogP contribution < -0.4 is 19.9 Å². The number of imide groups is 2. The molecule has 6 amide bonds. The number of anilines is 2. The lowest BCUT2D eigenvalue weighted by Gasteiger charge is -2.50. The van der Waals surface area contributed by atoms with Gasteiger partial charge in [-0.05, 0) is 163 Å². The smallest absolute Gasteiger partial charge is 0.417 e. The van der Waals surface area contributed by atoms with Gasteiger partial charge in [-0.15, -0.1) is 0 Å². The Morgan fingerprint density at radius 2 is 1.49 bits per heavy atom. The number of likely N-dealkylation sites (tertiary alicyclic amines) is 2. The molecular weight excluding hydrogens is 919 g/mol. The molecule has 1 saturated carbocycles. The van der Waals surface area contributed by atoms with E-state index in [1.165, 1.54) is 43.0 Å². The molecule has 69 heavy (non-hydrogen) atoms. The van der Waals surface area contributed by atoms with E-state index in [2.05, 4.69) is 10.2 Å². The number of hydrogen-bond donors (Lipinski definition) is 1. The SMILES string of the molecule is CC1(C)C(=O)N(c2ccc(C#N)c(C(F)(F)F)c2)C(=S)N1c1ccc(C(=O)N2CCC3(CCC(N4CCC5(CC4)COc4cc6c(cc4C5)C(=O)N(C4CCC(=O)NC4=O)C6=O)CC3)CC2)c(F)c1. The van der Waals surface area contributed by atoms with Crippen molar-refractivity contribution in [1.82, 2.24) is 20.0 Å². The first-order valence-electron chi connectivity index (χ1n) is 23.4. The number of benzene rings is 3. The fourth-order valence-corrected chi connectivity index (χ4v) is 12.4. The van der Waals surface area contributed by atoms with Gasteiger partial charge in [-0.2, -0.15) is 18.4 Å².